The average Bonchev–Trinajstić information content (AvgIpc) is 3.20. The lowest BCUT2D eigenvalue weighted by molar-refractivity contribution is -0.149. The number of hydrogen-bond acceptors (Lipinski definition) is 16. The van der Waals surface area contributed by atoms with Gasteiger partial charge in [-0.3, -0.25) is 48.1 Å². The summed E-state index contributed by atoms with van der Waals surface area (Å²) < 4.78 is 11.5. The highest BCUT2D eigenvalue weighted by atomic mass is 79.9. The lowest BCUT2D eigenvalue weighted by Crippen LogP contribution is -2.58. The molecule has 2 aromatic rings. The Bertz CT molecular complexity index is 2590. The molecule has 0 radical (unpaired) electrons. The monoisotopic (exact) mass is 1260 g/mol. The van der Waals surface area contributed by atoms with Gasteiger partial charge in [-0.2, -0.15) is 0 Å². The predicted molar refractivity (Wildman–Crippen MR) is 323 cm³/mol. The molecule has 0 aliphatic carbocycles. The Balaban J connectivity index is 1.60. The Hall–Kier alpha value is -6.02. The van der Waals surface area contributed by atoms with Gasteiger partial charge in [0.15, 0.2) is 6.10 Å². The van der Waals surface area contributed by atoms with Crippen molar-refractivity contribution >= 4 is 86.2 Å². The first-order valence-corrected chi connectivity index (χ1v) is 30.6. The number of hydrogen-bond donors (Lipinski definition) is 9. The van der Waals surface area contributed by atoms with Crippen molar-refractivity contribution < 1.29 is 67.9 Å². The molecule has 7 atom stereocenters. The third-order valence-electron chi connectivity index (χ3n) is 14.6. The van der Waals surface area contributed by atoms with Gasteiger partial charge in [0.2, 0.25) is 29.5 Å². The molecular weight excluding hydrogens is 1170 g/mol. The number of phenols is 1. The van der Waals surface area contributed by atoms with E-state index >= 15 is 0 Å². The van der Waals surface area contributed by atoms with Crippen LogP contribution in [0.15, 0.2) is 34.1 Å². The number of aromatic hydroxyl groups is 1. The number of esters is 1. The molecule has 2 heterocycles. The van der Waals surface area contributed by atoms with Crippen LogP contribution in [0.5, 0.6) is 5.75 Å². The number of carbonyl (C=O) groups excluding carboxylic acids is 8. The molecule has 1 aliphatic heterocycles. The molecule has 7 amide bonds. The smallest absolute Gasteiger partial charge is 0.306 e. The van der Waals surface area contributed by atoms with Crippen LogP contribution < -0.4 is 31.9 Å². The summed E-state index contributed by atoms with van der Waals surface area (Å²) in [5, 5.41) is 48.9. The number of piperidine rings is 1. The second-order valence-electron chi connectivity index (χ2n) is 23.5. The Labute approximate surface area is 507 Å². The van der Waals surface area contributed by atoms with Crippen LogP contribution in [0.1, 0.15) is 167 Å². The van der Waals surface area contributed by atoms with E-state index in [2.05, 4.69) is 52.8 Å². The Morgan fingerprint density at radius 2 is 1.60 bits per heavy atom. The molecule has 25 heteroatoms. The standard InChI is InChI=1S/C59H92BrN9O14S/c1-13-36(4)51(67-54(77)44-18-14-15-27-68(44)11)56(78)69(12)45(35(2)3)32-47(83-38(6)70)55-66-43(33-84-55)53(76)64-40(28-37(5)57(79)80)29-39-21-22-46(71)42(30-39)65-49(73)20-17-24-61-50(74)31-41(60)52(75)63-25-16-19-48(72)62-26-23-59(9,10)82-34-58(7,8)81/h21-22,30-31,33,35-37,40,44-45,47,51,71,81H,13-20,23-29,32,34H2,1-12H3,(H,61,74)(H,62,72)(H,63,75)(H,64,76)(H,65,73)(H,67,77)(H,79,80)/b41-31-/t36-,37?,40+,44+,45?,47+,51-/m0/s1. The van der Waals surface area contributed by atoms with Crippen LogP contribution in [0, 0.1) is 17.8 Å². The third-order valence-corrected chi connectivity index (χ3v) is 16.1. The van der Waals surface area contributed by atoms with Crippen molar-refractivity contribution in [2.45, 2.75) is 188 Å². The van der Waals surface area contributed by atoms with Crippen molar-refractivity contribution in [1.82, 2.24) is 41.4 Å². The number of phenolic OH excluding ortho intramolecular Hbond substituents is 1. The number of anilines is 1. The molecular formula is C59H92BrN9O14S. The van der Waals surface area contributed by atoms with E-state index in [1.54, 1.807) is 31.9 Å². The van der Waals surface area contributed by atoms with Crippen molar-refractivity contribution in [3.63, 3.8) is 0 Å². The van der Waals surface area contributed by atoms with E-state index in [-0.39, 0.29) is 115 Å². The molecule has 2 unspecified atom stereocenters. The summed E-state index contributed by atoms with van der Waals surface area (Å²) in [5.41, 5.74) is -0.937. The second-order valence-corrected chi connectivity index (χ2v) is 25.2. The van der Waals surface area contributed by atoms with Crippen LogP contribution in [0.4, 0.5) is 5.69 Å². The summed E-state index contributed by atoms with van der Waals surface area (Å²) in [4.78, 5) is 125. The summed E-state index contributed by atoms with van der Waals surface area (Å²) in [6.07, 6.45) is 4.73. The highest BCUT2D eigenvalue weighted by Gasteiger charge is 2.38. The molecule has 3 rings (SSSR count). The van der Waals surface area contributed by atoms with Crippen molar-refractivity contribution in [3.05, 3.63) is 50.4 Å². The summed E-state index contributed by atoms with van der Waals surface area (Å²) in [6, 6.07) is 2.04. The number of rotatable bonds is 35. The number of likely N-dealkylation sites (N-methyl/N-ethyl adjacent to an activating group) is 2. The number of carbonyl (C=O) groups is 9. The zero-order valence-corrected chi connectivity index (χ0v) is 53.4. The van der Waals surface area contributed by atoms with Crippen molar-refractivity contribution in [2.24, 2.45) is 17.8 Å². The molecule has 1 aromatic carbocycles. The van der Waals surface area contributed by atoms with Gasteiger partial charge in [-0.15, -0.1) is 11.3 Å². The summed E-state index contributed by atoms with van der Waals surface area (Å²) >= 11 is 4.19. The molecule has 1 saturated heterocycles. The maximum atomic E-state index is 14.4. The average molecular weight is 1260 g/mol. The second kappa shape index (κ2) is 34.8. The van der Waals surface area contributed by atoms with Crippen LogP contribution in [0.3, 0.4) is 0 Å². The normalized spacial score (nSPS) is 16.2. The first-order chi connectivity index (χ1) is 39.3. The van der Waals surface area contributed by atoms with Crippen molar-refractivity contribution in [1.29, 1.82) is 0 Å². The molecule has 1 aliphatic rings. The highest BCUT2D eigenvalue weighted by Crippen LogP contribution is 2.32. The van der Waals surface area contributed by atoms with Gasteiger partial charge in [0.25, 0.3) is 11.8 Å². The number of ether oxygens (including phenoxy) is 2. The minimum absolute atomic E-state index is 0.00547. The van der Waals surface area contributed by atoms with E-state index in [0.717, 1.165) is 36.8 Å². The van der Waals surface area contributed by atoms with E-state index in [9.17, 15) is 58.5 Å². The Kier molecular flexibility index (Phi) is 29.9. The SMILES string of the molecule is CC[C@H](C)[C@H](NC(=O)[C@H]1CCCCN1C)C(=O)N(C)C(C[C@@H](OC(C)=O)c1nc(C(=O)N[C@@H](Cc2ccc(O)c(NC(=O)CCCNC(=O)/C=C(\Br)C(=O)NCCCC(=O)NCCC(C)(C)OCC(C)(C)O)c2)CC(C)C(=O)O)cs1)C(C)C. The van der Waals surface area contributed by atoms with Gasteiger partial charge in [-0.1, -0.05) is 53.5 Å². The van der Waals surface area contributed by atoms with Gasteiger partial charge in [0, 0.05) is 76.4 Å². The highest BCUT2D eigenvalue weighted by molar-refractivity contribution is 9.12. The maximum Gasteiger partial charge on any atom is 0.306 e. The number of likely N-dealkylation sites (tertiary alicyclic amines) is 1. The van der Waals surface area contributed by atoms with Gasteiger partial charge < -0.3 is 61.6 Å². The number of amides is 7. The van der Waals surface area contributed by atoms with Crippen molar-refractivity contribution in [3.8, 4) is 5.75 Å². The van der Waals surface area contributed by atoms with E-state index in [0.29, 0.717) is 42.8 Å². The van der Waals surface area contributed by atoms with Crippen LogP contribution in [0.25, 0.3) is 0 Å². The van der Waals surface area contributed by atoms with Gasteiger partial charge in [-0.25, -0.2) is 4.98 Å². The number of aromatic nitrogens is 1. The number of nitrogens with one attached hydrogen (secondary N) is 6. The number of thiazole rings is 1. The van der Waals surface area contributed by atoms with Crippen LogP contribution in [-0.2, 0) is 54.3 Å². The quantitative estimate of drug-likeness (QED) is 0.0168. The first kappa shape index (κ1) is 72.2. The van der Waals surface area contributed by atoms with E-state index in [4.69, 9.17) is 9.47 Å². The fraction of sp³-hybridized carbons (Fsp3) is 0.661. The molecule has 1 fully saturated rings. The molecule has 0 spiro atoms. The number of carboxylic acid groups (broad SMARTS) is 1. The molecule has 23 nitrogen and oxygen atoms in total. The number of aliphatic hydroxyl groups is 1. The van der Waals surface area contributed by atoms with Gasteiger partial charge in [-0.05, 0) is 132 Å². The summed E-state index contributed by atoms with van der Waals surface area (Å²) in [7, 11) is 3.59. The molecule has 1 aromatic heterocycles. The van der Waals surface area contributed by atoms with Gasteiger partial charge in [0.1, 0.15) is 22.5 Å². The third kappa shape index (κ3) is 25.7. The first-order valence-electron chi connectivity index (χ1n) is 28.9. The molecule has 470 valence electrons. The zero-order valence-electron chi connectivity index (χ0n) is 51.0. The topological polar surface area (TPSA) is 324 Å². The molecule has 0 saturated carbocycles. The number of halogens is 1. The Morgan fingerprint density at radius 3 is 2.21 bits per heavy atom. The summed E-state index contributed by atoms with van der Waals surface area (Å²) in [5.74, 6) is -6.10. The van der Waals surface area contributed by atoms with Crippen LogP contribution in [0.2, 0.25) is 0 Å². The molecule has 0 bridgehead atoms. The minimum Gasteiger partial charge on any atom is -0.506 e. The minimum atomic E-state index is -1.09. The van der Waals surface area contributed by atoms with Crippen LogP contribution in [-0.4, -0.2) is 166 Å². The Morgan fingerprint density at radius 1 is 0.929 bits per heavy atom. The lowest BCUT2D eigenvalue weighted by Gasteiger charge is -2.38. The molecule has 84 heavy (non-hydrogen) atoms. The largest absolute Gasteiger partial charge is 0.506 e. The fourth-order valence-corrected chi connectivity index (χ4v) is 10.5. The number of carboxylic acids is 1. The van der Waals surface area contributed by atoms with E-state index in [1.165, 1.54) is 31.4 Å². The maximum absolute atomic E-state index is 14.4. The van der Waals surface area contributed by atoms with Crippen LogP contribution >= 0.6 is 27.3 Å². The number of nitrogens with zero attached hydrogens (tertiary/aromatic N) is 3. The predicted octanol–water partition coefficient (Wildman–Crippen LogP) is 5.88. The summed E-state index contributed by atoms with van der Waals surface area (Å²) in [6.45, 7) is 19.1. The van der Waals surface area contributed by atoms with Gasteiger partial charge in [0.05, 0.1) is 39.9 Å². The lowest BCUT2D eigenvalue weighted by atomic mass is 9.92. The molecule has 9 N–H and O–H groups in total. The van der Waals surface area contributed by atoms with E-state index in [1.807, 2.05) is 53.5 Å². The number of benzene rings is 1. The number of aliphatic carboxylic acids is 1. The van der Waals surface area contributed by atoms with Crippen molar-refractivity contribution in [2.75, 3.05) is 52.2 Å². The van der Waals surface area contributed by atoms with E-state index < -0.39 is 76.9 Å². The van der Waals surface area contributed by atoms with Gasteiger partial charge >= 0.3 is 11.9 Å². The fourth-order valence-electron chi connectivity index (χ4n) is 9.31. The zero-order chi connectivity index (χ0) is 63.1.